The van der Waals surface area contributed by atoms with E-state index in [2.05, 4.69) is 5.32 Å². The number of nitriles is 1. The van der Waals surface area contributed by atoms with Gasteiger partial charge in [-0.05, 0) is 25.7 Å². The van der Waals surface area contributed by atoms with Gasteiger partial charge in [0.1, 0.15) is 6.42 Å². The van der Waals surface area contributed by atoms with Crippen LogP contribution in [-0.2, 0) is 4.79 Å². The normalized spacial score (nSPS) is 27.7. The van der Waals surface area contributed by atoms with E-state index in [1.54, 1.807) is 6.07 Å². The fourth-order valence-electron chi connectivity index (χ4n) is 1.57. The minimum atomic E-state index is -0.205. The summed E-state index contributed by atoms with van der Waals surface area (Å²) in [6.07, 6.45) is 2.86. The van der Waals surface area contributed by atoms with Gasteiger partial charge in [0, 0.05) is 6.04 Å². The summed E-state index contributed by atoms with van der Waals surface area (Å²) >= 11 is 0. The van der Waals surface area contributed by atoms with Gasteiger partial charge in [0.2, 0.25) is 5.91 Å². The van der Waals surface area contributed by atoms with Gasteiger partial charge in [-0.3, -0.25) is 4.79 Å². The Morgan fingerprint density at radius 1 is 1.46 bits per heavy atom. The molecule has 1 aliphatic carbocycles. The monoisotopic (exact) mass is 182 g/mol. The molecular weight excluding hydrogens is 168 g/mol. The van der Waals surface area contributed by atoms with Crippen LogP contribution in [0, 0.1) is 11.3 Å². The van der Waals surface area contributed by atoms with Crippen molar-refractivity contribution in [2.45, 2.75) is 44.2 Å². The molecule has 1 fully saturated rings. The van der Waals surface area contributed by atoms with Gasteiger partial charge in [0.15, 0.2) is 0 Å². The van der Waals surface area contributed by atoms with Gasteiger partial charge in [-0.25, -0.2) is 0 Å². The van der Waals surface area contributed by atoms with E-state index >= 15 is 0 Å². The lowest BCUT2D eigenvalue weighted by molar-refractivity contribution is -0.121. The number of nitrogens with one attached hydrogen (secondary N) is 1. The smallest absolute Gasteiger partial charge is 0.234 e. The molecule has 4 heteroatoms. The van der Waals surface area contributed by atoms with E-state index in [-0.39, 0.29) is 24.5 Å². The summed E-state index contributed by atoms with van der Waals surface area (Å²) in [5.74, 6) is -0.205. The zero-order valence-corrected chi connectivity index (χ0v) is 7.49. The Hall–Kier alpha value is -1.08. The van der Waals surface area contributed by atoms with Crippen LogP contribution in [0.3, 0.4) is 0 Å². The van der Waals surface area contributed by atoms with Gasteiger partial charge in [0.25, 0.3) is 0 Å². The average Bonchev–Trinajstić information content (AvgIpc) is 2.09. The fourth-order valence-corrected chi connectivity index (χ4v) is 1.57. The molecule has 0 aromatic rings. The summed E-state index contributed by atoms with van der Waals surface area (Å²) in [5.41, 5.74) is 0. The van der Waals surface area contributed by atoms with Gasteiger partial charge in [-0.1, -0.05) is 0 Å². The van der Waals surface area contributed by atoms with Crippen LogP contribution in [0.2, 0.25) is 0 Å². The Balaban J connectivity index is 2.23. The molecule has 0 aliphatic heterocycles. The van der Waals surface area contributed by atoms with Crippen molar-refractivity contribution >= 4 is 5.91 Å². The van der Waals surface area contributed by atoms with Crippen LogP contribution < -0.4 is 5.32 Å². The van der Waals surface area contributed by atoms with Crippen molar-refractivity contribution in [3.8, 4) is 6.07 Å². The van der Waals surface area contributed by atoms with E-state index in [1.807, 2.05) is 0 Å². The summed E-state index contributed by atoms with van der Waals surface area (Å²) in [6.45, 7) is 0. The van der Waals surface area contributed by atoms with Crippen molar-refractivity contribution in [3.05, 3.63) is 0 Å². The summed E-state index contributed by atoms with van der Waals surface area (Å²) < 4.78 is 0. The molecule has 4 nitrogen and oxygen atoms in total. The average molecular weight is 182 g/mol. The molecule has 1 saturated carbocycles. The predicted octanol–water partition coefficient (Wildman–Crippen LogP) is 0.320. The molecule has 0 bridgehead atoms. The first-order valence-corrected chi connectivity index (χ1v) is 4.56. The van der Waals surface area contributed by atoms with Gasteiger partial charge >= 0.3 is 0 Å². The van der Waals surface area contributed by atoms with Crippen LogP contribution in [0.25, 0.3) is 0 Å². The van der Waals surface area contributed by atoms with E-state index in [1.165, 1.54) is 0 Å². The second kappa shape index (κ2) is 4.83. The Morgan fingerprint density at radius 2 is 2.08 bits per heavy atom. The number of aliphatic hydroxyl groups excluding tert-OH is 1. The van der Waals surface area contributed by atoms with Gasteiger partial charge in [-0.2, -0.15) is 5.26 Å². The van der Waals surface area contributed by atoms with Crippen molar-refractivity contribution in [3.63, 3.8) is 0 Å². The second-order valence-corrected chi connectivity index (χ2v) is 3.41. The third-order valence-electron chi connectivity index (χ3n) is 2.30. The summed E-state index contributed by atoms with van der Waals surface area (Å²) in [6, 6.07) is 1.96. The molecule has 2 N–H and O–H groups in total. The molecule has 1 amide bonds. The van der Waals surface area contributed by atoms with Crippen molar-refractivity contribution in [2.75, 3.05) is 0 Å². The number of carbonyl (C=O) groups excluding carboxylic acids is 1. The fraction of sp³-hybridized carbons (Fsp3) is 0.778. The molecule has 13 heavy (non-hydrogen) atoms. The molecule has 1 rings (SSSR count). The van der Waals surface area contributed by atoms with Crippen LogP contribution in [0.1, 0.15) is 32.1 Å². The van der Waals surface area contributed by atoms with Crippen LogP contribution in [0.15, 0.2) is 0 Å². The van der Waals surface area contributed by atoms with Crippen LogP contribution in [0.4, 0.5) is 0 Å². The third kappa shape index (κ3) is 3.43. The predicted molar refractivity (Wildman–Crippen MR) is 46.6 cm³/mol. The quantitative estimate of drug-likeness (QED) is 0.646. The zero-order chi connectivity index (χ0) is 9.68. The van der Waals surface area contributed by atoms with E-state index in [9.17, 15) is 9.90 Å². The van der Waals surface area contributed by atoms with Gasteiger partial charge in [0.05, 0.1) is 12.2 Å². The third-order valence-corrected chi connectivity index (χ3v) is 2.30. The highest BCUT2D eigenvalue weighted by atomic mass is 16.3. The van der Waals surface area contributed by atoms with Crippen molar-refractivity contribution in [1.82, 2.24) is 5.32 Å². The van der Waals surface area contributed by atoms with E-state index in [0.717, 1.165) is 25.7 Å². The molecule has 0 heterocycles. The largest absolute Gasteiger partial charge is 0.393 e. The minimum Gasteiger partial charge on any atom is -0.393 e. The van der Waals surface area contributed by atoms with E-state index in [4.69, 9.17) is 5.26 Å². The van der Waals surface area contributed by atoms with Crippen LogP contribution >= 0.6 is 0 Å². The maximum Gasteiger partial charge on any atom is 0.234 e. The van der Waals surface area contributed by atoms with Gasteiger partial charge in [-0.15, -0.1) is 0 Å². The molecule has 72 valence electrons. The highest BCUT2D eigenvalue weighted by Gasteiger charge is 2.20. The molecular formula is C9H14N2O2. The first-order valence-electron chi connectivity index (χ1n) is 4.56. The Kier molecular flexibility index (Phi) is 3.71. The number of hydrogen-bond acceptors (Lipinski definition) is 3. The summed E-state index contributed by atoms with van der Waals surface area (Å²) in [7, 11) is 0. The lowest BCUT2D eigenvalue weighted by Gasteiger charge is -2.25. The first kappa shape index (κ1) is 10.0. The molecule has 0 saturated heterocycles. The topological polar surface area (TPSA) is 73.1 Å². The Bertz CT molecular complexity index is 214. The number of nitrogens with zero attached hydrogens (tertiary/aromatic N) is 1. The Morgan fingerprint density at radius 3 is 2.62 bits per heavy atom. The second-order valence-electron chi connectivity index (χ2n) is 3.41. The number of aliphatic hydroxyl groups is 1. The number of amides is 1. The SMILES string of the molecule is N#CCC(=O)N[C@H]1CC[C@H](O)CC1. The molecule has 0 atom stereocenters. The maximum atomic E-state index is 11.0. The first-order chi connectivity index (χ1) is 6.22. The maximum absolute atomic E-state index is 11.0. The lowest BCUT2D eigenvalue weighted by Crippen LogP contribution is -2.38. The number of hydrogen-bond donors (Lipinski definition) is 2. The summed E-state index contributed by atoms with van der Waals surface area (Å²) in [4.78, 5) is 11.0. The molecule has 0 spiro atoms. The highest BCUT2D eigenvalue weighted by Crippen LogP contribution is 2.18. The van der Waals surface area contributed by atoms with Crippen molar-refractivity contribution in [2.24, 2.45) is 0 Å². The van der Waals surface area contributed by atoms with Crippen molar-refractivity contribution < 1.29 is 9.90 Å². The Labute approximate surface area is 77.6 Å². The lowest BCUT2D eigenvalue weighted by atomic mass is 9.93. The van der Waals surface area contributed by atoms with Crippen molar-refractivity contribution in [1.29, 1.82) is 5.26 Å². The molecule has 0 unspecified atom stereocenters. The highest BCUT2D eigenvalue weighted by molar-refractivity contribution is 5.78. The molecule has 0 radical (unpaired) electrons. The molecule has 0 aromatic carbocycles. The summed E-state index contributed by atoms with van der Waals surface area (Å²) in [5, 5.41) is 20.2. The van der Waals surface area contributed by atoms with Crippen LogP contribution in [-0.4, -0.2) is 23.2 Å². The molecule has 1 aliphatic rings. The van der Waals surface area contributed by atoms with E-state index < -0.39 is 0 Å². The standard InChI is InChI=1S/C9H14N2O2/c10-6-5-9(13)11-7-1-3-8(12)4-2-7/h7-8,12H,1-5H2,(H,11,13)/t7-,8-. The number of rotatable bonds is 2. The van der Waals surface area contributed by atoms with Gasteiger partial charge < -0.3 is 10.4 Å². The molecule has 0 aromatic heterocycles. The van der Waals surface area contributed by atoms with Crippen LogP contribution in [0.5, 0.6) is 0 Å². The number of carbonyl (C=O) groups is 1. The minimum absolute atomic E-state index is 0.0704. The van der Waals surface area contributed by atoms with E-state index in [0.29, 0.717) is 0 Å². The zero-order valence-electron chi connectivity index (χ0n) is 7.49.